The van der Waals surface area contributed by atoms with Gasteiger partial charge < -0.3 is 29.5 Å². The quantitative estimate of drug-likeness (QED) is 0.352. The third-order valence-corrected chi connectivity index (χ3v) is 12.4. The van der Waals surface area contributed by atoms with Crippen molar-refractivity contribution in [3.05, 3.63) is 42.6 Å². The smallest absolute Gasteiger partial charge is 0.408 e. The number of aromatic nitrogens is 1. The largest absolute Gasteiger partial charge is 0.497 e. The summed E-state index contributed by atoms with van der Waals surface area (Å²) in [6.07, 6.45) is 3.95. The Bertz CT molecular complexity index is 1910. The Balaban J connectivity index is 1.39. The molecule has 1 aromatic carbocycles. The number of hydrogen-bond acceptors (Lipinski definition) is 10. The van der Waals surface area contributed by atoms with Crippen molar-refractivity contribution in [2.75, 3.05) is 20.3 Å². The molecular weight excluding hydrogens is 706 g/mol. The zero-order valence-electron chi connectivity index (χ0n) is 30.9. The van der Waals surface area contributed by atoms with Gasteiger partial charge in [-0.3, -0.25) is 24.0 Å². The molecule has 4 amide bonds. The van der Waals surface area contributed by atoms with Crippen LogP contribution in [0.2, 0.25) is 0 Å². The molecule has 3 heterocycles. The number of sulfonamides is 1. The molecule has 2 aromatic rings. The molecule has 2 aliphatic heterocycles. The molecule has 0 bridgehead atoms. The van der Waals surface area contributed by atoms with Gasteiger partial charge in [0.05, 0.1) is 31.6 Å². The molecule has 4 aliphatic rings. The van der Waals surface area contributed by atoms with E-state index in [0.29, 0.717) is 30.4 Å². The molecular formula is C37H49N5O10S. The predicted molar refractivity (Wildman–Crippen MR) is 194 cm³/mol. The number of hydrogen-bond donors (Lipinski definition) is 3. The van der Waals surface area contributed by atoms with E-state index in [4.69, 9.17) is 14.2 Å². The molecule has 16 heteroatoms. The van der Waals surface area contributed by atoms with Crippen LogP contribution in [0, 0.1) is 11.8 Å². The second-order valence-electron chi connectivity index (χ2n) is 15.7. The minimum Gasteiger partial charge on any atom is -0.497 e. The third kappa shape index (κ3) is 7.93. The van der Waals surface area contributed by atoms with Crippen molar-refractivity contribution < 1.29 is 46.9 Å². The fraction of sp³-hybridized carbons (Fsp3) is 0.595. The Morgan fingerprint density at radius 1 is 1.15 bits per heavy atom. The molecule has 0 spiro atoms. The second kappa shape index (κ2) is 14.4. The first-order valence-corrected chi connectivity index (χ1v) is 19.6. The lowest BCUT2D eigenvalue weighted by atomic mass is 9.89. The van der Waals surface area contributed by atoms with Crippen LogP contribution in [0.3, 0.4) is 0 Å². The molecule has 2 aliphatic carbocycles. The standard InChI is InChI=1S/C37H49N5O10S/c1-21-16-22(2)51-15-7-8-24-19-37(24,34(45)40-53(48,49)27-10-11-27)39-31(43)29-18-26(20-41(29)33(44)30(21)42(35(46)47)36(3,4)5)52-32-28-12-9-25(50-6)17-23(28)13-14-38-32/h7-9,12-14,17,21-22,24,26-27,29-30H,10-11,15-16,18-20H2,1-6H3,(H,39,43)(H,40,45)(H,46,47)/b8-7-/t21-,22+,24-,26-,29+,30+,37-/m1/s1. The van der Waals surface area contributed by atoms with E-state index < -0.39 is 80.2 Å². The lowest BCUT2D eigenvalue weighted by molar-refractivity contribution is -0.146. The maximum atomic E-state index is 14.9. The highest BCUT2D eigenvalue weighted by atomic mass is 32.2. The van der Waals surface area contributed by atoms with Crippen LogP contribution in [0.5, 0.6) is 11.6 Å². The van der Waals surface area contributed by atoms with E-state index >= 15 is 0 Å². The highest BCUT2D eigenvalue weighted by Crippen LogP contribution is 2.46. The number of amides is 4. The Labute approximate surface area is 309 Å². The number of nitrogens with one attached hydrogen (secondary N) is 2. The van der Waals surface area contributed by atoms with Gasteiger partial charge in [0.25, 0.3) is 5.91 Å². The van der Waals surface area contributed by atoms with Crippen LogP contribution in [-0.2, 0) is 29.1 Å². The molecule has 6 rings (SSSR count). The number of fused-ring (bicyclic) bond motifs is 3. The molecule has 15 nitrogen and oxygen atoms in total. The van der Waals surface area contributed by atoms with Gasteiger partial charge in [-0.25, -0.2) is 18.2 Å². The average Bonchev–Trinajstić information content (AvgIpc) is 4.01. The van der Waals surface area contributed by atoms with E-state index in [1.807, 2.05) is 13.0 Å². The molecule has 7 atom stereocenters. The lowest BCUT2D eigenvalue weighted by Crippen LogP contribution is -2.62. The summed E-state index contributed by atoms with van der Waals surface area (Å²) in [5.41, 5.74) is -2.59. The molecule has 53 heavy (non-hydrogen) atoms. The molecule has 1 saturated heterocycles. The zero-order chi connectivity index (χ0) is 38.5. The number of ether oxygens (including phenoxy) is 3. The number of nitrogens with zero attached hydrogens (tertiary/aromatic N) is 3. The van der Waals surface area contributed by atoms with Crippen LogP contribution in [0.15, 0.2) is 42.6 Å². The maximum Gasteiger partial charge on any atom is 0.408 e. The highest BCUT2D eigenvalue weighted by molar-refractivity contribution is 7.91. The van der Waals surface area contributed by atoms with Crippen LogP contribution in [0.1, 0.15) is 66.7 Å². The van der Waals surface area contributed by atoms with Crippen molar-refractivity contribution in [2.24, 2.45) is 11.8 Å². The van der Waals surface area contributed by atoms with Gasteiger partial charge in [-0.1, -0.05) is 19.1 Å². The lowest BCUT2D eigenvalue weighted by Gasteiger charge is -2.43. The summed E-state index contributed by atoms with van der Waals surface area (Å²) in [6.45, 7) is 8.80. The van der Waals surface area contributed by atoms with Crippen molar-refractivity contribution in [3.63, 3.8) is 0 Å². The van der Waals surface area contributed by atoms with E-state index in [1.54, 1.807) is 71.4 Å². The number of carbonyl (C=O) groups excluding carboxylic acids is 3. The summed E-state index contributed by atoms with van der Waals surface area (Å²) < 4.78 is 45.7. The zero-order valence-corrected chi connectivity index (χ0v) is 31.7. The minimum absolute atomic E-state index is 0.00637. The Hall–Kier alpha value is -4.44. The molecule has 3 fully saturated rings. The van der Waals surface area contributed by atoms with Gasteiger partial charge in [-0.05, 0) is 88.9 Å². The van der Waals surface area contributed by atoms with E-state index in [2.05, 4.69) is 15.0 Å². The monoisotopic (exact) mass is 755 g/mol. The summed E-state index contributed by atoms with van der Waals surface area (Å²) in [7, 11) is -2.37. The topological polar surface area (TPSA) is 194 Å². The number of methoxy groups -OCH3 is 1. The summed E-state index contributed by atoms with van der Waals surface area (Å²) in [5, 5.41) is 14.2. The number of carboxylic acid groups (broad SMARTS) is 1. The first-order valence-electron chi connectivity index (χ1n) is 18.0. The molecule has 0 radical (unpaired) electrons. The summed E-state index contributed by atoms with van der Waals surface area (Å²) >= 11 is 0. The van der Waals surface area contributed by atoms with Crippen molar-refractivity contribution in [1.29, 1.82) is 0 Å². The van der Waals surface area contributed by atoms with Gasteiger partial charge in [0.15, 0.2) is 0 Å². The van der Waals surface area contributed by atoms with Crippen LogP contribution in [-0.4, -0.2) is 113 Å². The fourth-order valence-corrected chi connectivity index (χ4v) is 8.97. The van der Waals surface area contributed by atoms with Gasteiger partial charge in [-0.15, -0.1) is 0 Å². The van der Waals surface area contributed by atoms with Gasteiger partial charge >= 0.3 is 6.09 Å². The fourth-order valence-electron chi connectivity index (χ4n) is 7.61. The normalized spacial score (nSPS) is 30.2. The second-order valence-corrected chi connectivity index (χ2v) is 17.6. The van der Waals surface area contributed by atoms with E-state index in [-0.39, 0.29) is 38.0 Å². The van der Waals surface area contributed by atoms with E-state index in [1.165, 1.54) is 4.90 Å². The molecule has 2 saturated carbocycles. The predicted octanol–water partition coefficient (Wildman–Crippen LogP) is 3.22. The minimum atomic E-state index is -3.94. The Morgan fingerprint density at radius 3 is 2.55 bits per heavy atom. The van der Waals surface area contributed by atoms with Crippen LogP contribution in [0.4, 0.5) is 4.79 Å². The van der Waals surface area contributed by atoms with Crippen molar-refractivity contribution in [1.82, 2.24) is 24.8 Å². The maximum absolute atomic E-state index is 14.9. The number of benzene rings is 1. The molecule has 3 N–H and O–H groups in total. The van der Waals surface area contributed by atoms with Crippen molar-refractivity contribution in [3.8, 4) is 11.6 Å². The molecule has 1 aromatic heterocycles. The summed E-state index contributed by atoms with van der Waals surface area (Å²) in [6, 6.07) is 4.80. The van der Waals surface area contributed by atoms with Gasteiger partial charge in [0.2, 0.25) is 27.7 Å². The van der Waals surface area contributed by atoms with Crippen molar-refractivity contribution >= 4 is 44.6 Å². The van der Waals surface area contributed by atoms with Crippen LogP contribution >= 0.6 is 0 Å². The van der Waals surface area contributed by atoms with E-state index in [9.17, 15) is 32.7 Å². The Morgan fingerprint density at radius 2 is 1.89 bits per heavy atom. The Kier molecular flexibility index (Phi) is 10.4. The van der Waals surface area contributed by atoms with Gasteiger partial charge in [0, 0.05) is 29.5 Å². The number of pyridine rings is 1. The highest BCUT2D eigenvalue weighted by Gasteiger charge is 2.62. The number of rotatable bonds is 7. The molecule has 288 valence electrons. The average molecular weight is 756 g/mol. The third-order valence-electron chi connectivity index (χ3n) is 10.6. The number of carbonyl (C=O) groups is 4. The van der Waals surface area contributed by atoms with Crippen LogP contribution in [0.25, 0.3) is 10.8 Å². The van der Waals surface area contributed by atoms with Gasteiger partial charge in [-0.2, -0.15) is 0 Å². The SMILES string of the molecule is COc1ccc2c(O[C@@H]3C[C@H]4C(=O)N[C@]5(C(=O)NS(=O)(=O)C6CC6)C[C@H]5/C=C\CO[C@@H](C)C[C@@H](C)[C@H](N(C(=O)O)C(C)(C)C)C(=O)N4C3)nccc2c1. The first-order chi connectivity index (χ1) is 24.9. The summed E-state index contributed by atoms with van der Waals surface area (Å²) in [5.74, 6) is -2.29. The van der Waals surface area contributed by atoms with E-state index in [0.717, 1.165) is 10.3 Å². The van der Waals surface area contributed by atoms with Crippen LogP contribution < -0.4 is 19.5 Å². The summed E-state index contributed by atoms with van der Waals surface area (Å²) in [4.78, 5) is 62.9. The first kappa shape index (κ1) is 38.3. The van der Waals surface area contributed by atoms with Gasteiger partial charge in [0.1, 0.15) is 29.5 Å². The molecule has 0 unspecified atom stereocenters. The van der Waals surface area contributed by atoms with Crippen molar-refractivity contribution in [2.45, 2.75) is 107 Å².